The summed E-state index contributed by atoms with van der Waals surface area (Å²) in [6, 6.07) is 1.46. The maximum atomic E-state index is 5.98. The fourth-order valence-electron chi connectivity index (χ4n) is 4.27. The highest BCUT2D eigenvalue weighted by Crippen LogP contribution is 2.36. The highest BCUT2D eigenvalue weighted by Gasteiger charge is 2.41. The molecule has 17 heavy (non-hydrogen) atoms. The Morgan fingerprint density at radius 2 is 1.82 bits per heavy atom. The summed E-state index contributed by atoms with van der Waals surface area (Å²) >= 11 is 0. The largest absolute Gasteiger partial charge is 0.375 e. The van der Waals surface area contributed by atoms with E-state index in [0.29, 0.717) is 12.1 Å². The Hall–Kier alpha value is -0.120. The highest BCUT2D eigenvalue weighted by molar-refractivity contribution is 4.95. The van der Waals surface area contributed by atoms with Crippen LogP contribution in [0.1, 0.15) is 44.9 Å². The molecular formula is C14H26N2O. The smallest absolute Gasteiger partial charge is 0.0731 e. The minimum Gasteiger partial charge on any atom is -0.375 e. The predicted molar refractivity (Wildman–Crippen MR) is 68.9 cm³/mol. The number of hydrogen-bond acceptors (Lipinski definition) is 3. The maximum Gasteiger partial charge on any atom is 0.0731 e. The van der Waals surface area contributed by atoms with Crippen LogP contribution < -0.4 is 5.73 Å². The van der Waals surface area contributed by atoms with E-state index in [1.54, 1.807) is 0 Å². The van der Waals surface area contributed by atoms with Crippen LogP contribution in [0.2, 0.25) is 0 Å². The van der Waals surface area contributed by atoms with Gasteiger partial charge >= 0.3 is 0 Å². The molecule has 0 bridgehead atoms. The van der Waals surface area contributed by atoms with Crippen molar-refractivity contribution in [2.24, 2.45) is 11.7 Å². The summed E-state index contributed by atoms with van der Waals surface area (Å²) in [5.74, 6) is 0.739. The van der Waals surface area contributed by atoms with Gasteiger partial charge in [-0.05, 0) is 44.6 Å². The minimum atomic E-state index is 0.532. The Kier molecular flexibility index (Phi) is 3.69. The van der Waals surface area contributed by atoms with Crippen molar-refractivity contribution in [3.63, 3.8) is 0 Å². The van der Waals surface area contributed by atoms with Gasteiger partial charge in [0.2, 0.25) is 0 Å². The molecule has 0 spiro atoms. The number of hydrogen-bond donors (Lipinski definition) is 1. The monoisotopic (exact) mass is 238 g/mol. The molecule has 3 rings (SSSR count). The molecule has 1 heterocycles. The number of nitrogens with two attached hydrogens (primary N) is 1. The van der Waals surface area contributed by atoms with E-state index in [0.717, 1.165) is 31.7 Å². The van der Waals surface area contributed by atoms with Crippen molar-refractivity contribution in [1.29, 1.82) is 0 Å². The molecule has 0 radical (unpaired) electrons. The molecule has 3 aliphatic rings. The Balaban J connectivity index is 1.72. The first-order valence-corrected chi connectivity index (χ1v) is 7.47. The van der Waals surface area contributed by atoms with Gasteiger partial charge in [-0.1, -0.05) is 12.8 Å². The van der Waals surface area contributed by atoms with Crippen LogP contribution in [0.4, 0.5) is 0 Å². The van der Waals surface area contributed by atoms with Crippen LogP contribution in [0.25, 0.3) is 0 Å². The topological polar surface area (TPSA) is 38.5 Å². The fourth-order valence-corrected chi connectivity index (χ4v) is 4.27. The van der Waals surface area contributed by atoms with Gasteiger partial charge in [0.15, 0.2) is 0 Å². The van der Waals surface area contributed by atoms with Crippen LogP contribution in [0, 0.1) is 5.92 Å². The standard InChI is InChI=1S/C14H26N2O/c15-10-11-4-1-2-5-12(11)16-8-9-17-14-7-3-6-13(14)16/h11-14H,1-10,15H2. The Bertz CT molecular complexity index is 259. The molecule has 4 unspecified atom stereocenters. The molecule has 2 aliphatic carbocycles. The molecule has 0 aromatic rings. The zero-order chi connectivity index (χ0) is 11.7. The summed E-state index contributed by atoms with van der Waals surface area (Å²) in [5, 5.41) is 0. The van der Waals surface area contributed by atoms with Gasteiger partial charge in [0.05, 0.1) is 12.7 Å². The first-order valence-electron chi connectivity index (χ1n) is 7.47. The van der Waals surface area contributed by atoms with Crippen LogP contribution in [0.3, 0.4) is 0 Å². The normalized spacial score (nSPS) is 43.6. The van der Waals surface area contributed by atoms with Gasteiger partial charge < -0.3 is 10.5 Å². The zero-order valence-electron chi connectivity index (χ0n) is 10.8. The van der Waals surface area contributed by atoms with E-state index in [2.05, 4.69) is 4.90 Å². The number of ether oxygens (including phenoxy) is 1. The molecule has 0 aromatic carbocycles. The van der Waals surface area contributed by atoms with Crippen molar-refractivity contribution in [3.05, 3.63) is 0 Å². The molecule has 4 atom stereocenters. The molecule has 98 valence electrons. The van der Waals surface area contributed by atoms with E-state index in [1.165, 1.54) is 44.9 Å². The summed E-state index contributed by atoms with van der Waals surface area (Å²) in [5.41, 5.74) is 5.98. The lowest BCUT2D eigenvalue weighted by atomic mass is 9.82. The Labute approximate surface area is 105 Å². The third-order valence-corrected chi connectivity index (χ3v) is 5.12. The summed E-state index contributed by atoms with van der Waals surface area (Å²) in [4.78, 5) is 2.78. The van der Waals surface area contributed by atoms with Crippen LogP contribution in [0.15, 0.2) is 0 Å². The highest BCUT2D eigenvalue weighted by atomic mass is 16.5. The second-order valence-electron chi connectivity index (χ2n) is 5.99. The SMILES string of the molecule is NCC1CCCCC1N1CCOC2CCCC21. The van der Waals surface area contributed by atoms with Crippen LogP contribution in [-0.4, -0.2) is 42.8 Å². The second kappa shape index (κ2) is 5.25. The van der Waals surface area contributed by atoms with Gasteiger partial charge in [0, 0.05) is 18.6 Å². The van der Waals surface area contributed by atoms with Gasteiger partial charge in [-0.25, -0.2) is 0 Å². The van der Waals surface area contributed by atoms with Gasteiger partial charge in [-0.2, -0.15) is 0 Å². The Morgan fingerprint density at radius 3 is 2.71 bits per heavy atom. The molecule has 2 N–H and O–H groups in total. The lowest BCUT2D eigenvalue weighted by Crippen LogP contribution is -2.56. The molecule has 0 aromatic heterocycles. The first-order chi connectivity index (χ1) is 8.40. The molecule has 3 nitrogen and oxygen atoms in total. The van der Waals surface area contributed by atoms with E-state index in [-0.39, 0.29) is 0 Å². The van der Waals surface area contributed by atoms with Gasteiger partial charge in [0.1, 0.15) is 0 Å². The second-order valence-corrected chi connectivity index (χ2v) is 5.99. The molecule has 3 fully saturated rings. The van der Waals surface area contributed by atoms with E-state index < -0.39 is 0 Å². The van der Waals surface area contributed by atoms with Crippen molar-refractivity contribution >= 4 is 0 Å². The van der Waals surface area contributed by atoms with Crippen LogP contribution in [0.5, 0.6) is 0 Å². The number of fused-ring (bicyclic) bond motifs is 1. The van der Waals surface area contributed by atoms with E-state index in [4.69, 9.17) is 10.5 Å². The number of morpholine rings is 1. The van der Waals surface area contributed by atoms with Crippen molar-refractivity contribution in [2.45, 2.75) is 63.1 Å². The molecule has 1 saturated heterocycles. The van der Waals surface area contributed by atoms with Crippen LogP contribution in [-0.2, 0) is 4.74 Å². The number of nitrogens with zero attached hydrogens (tertiary/aromatic N) is 1. The van der Waals surface area contributed by atoms with Crippen molar-refractivity contribution in [1.82, 2.24) is 4.90 Å². The third kappa shape index (κ3) is 2.25. The molecule has 0 amide bonds. The summed E-state index contributed by atoms with van der Waals surface area (Å²) in [7, 11) is 0. The van der Waals surface area contributed by atoms with E-state index in [1.807, 2.05) is 0 Å². The molecule has 2 saturated carbocycles. The molecular weight excluding hydrogens is 212 g/mol. The number of rotatable bonds is 2. The molecule has 1 aliphatic heterocycles. The predicted octanol–water partition coefficient (Wildman–Crippen LogP) is 1.76. The summed E-state index contributed by atoms with van der Waals surface area (Å²) < 4.78 is 5.92. The summed E-state index contributed by atoms with van der Waals surface area (Å²) in [6.07, 6.45) is 10.0. The van der Waals surface area contributed by atoms with E-state index >= 15 is 0 Å². The fraction of sp³-hybridized carbons (Fsp3) is 1.00. The van der Waals surface area contributed by atoms with Gasteiger partial charge in [-0.15, -0.1) is 0 Å². The Morgan fingerprint density at radius 1 is 1.00 bits per heavy atom. The quantitative estimate of drug-likeness (QED) is 0.796. The van der Waals surface area contributed by atoms with Gasteiger partial charge in [-0.3, -0.25) is 4.90 Å². The minimum absolute atomic E-state index is 0.532. The van der Waals surface area contributed by atoms with E-state index in [9.17, 15) is 0 Å². The summed E-state index contributed by atoms with van der Waals surface area (Å²) in [6.45, 7) is 2.96. The van der Waals surface area contributed by atoms with Gasteiger partial charge in [0.25, 0.3) is 0 Å². The average Bonchev–Trinajstić information content (AvgIpc) is 2.86. The van der Waals surface area contributed by atoms with Crippen molar-refractivity contribution in [3.8, 4) is 0 Å². The zero-order valence-corrected chi connectivity index (χ0v) is 10.8. The first kappa shape index (κ1) is 11.9. The van der Waals surface area contributed by atoms with Crippen molar-refractivity contribution in [2.75, 3.05) is 19.7 Å². The average molecular weight is 238 g/mol. The molecule has 3 heteroatoms. The van der Waals surface area contributed by atoms with Crippen LogP contribution >= 0.6 is 0 Å². The maximum absolute atomic E-state index is 5.98. The third-order valence-electron chi connectivity index (χ3n) is 5.12. The van der Waals surface area contributed by atoms with Crippen molar-refractivity contribution < 1.29 is 4.74 Å². The lowest BCUT2D eigenvalue weighted by molar-refractivity contribution is -0.0852. The lowest BCUT2D eigenvalue weighted by Gasteiger charge is -2.47.